The molecule has 5 nitrogen and oxygen atoms in total. The third kappa shape index (κ3) is 1.87. The topological polar surface area (TPSA) is 55.6 Å². The molecule has 72 valence electrons. The van der Waals surface area contributed by atoms with Gasteiger partial charge < -0.3 is 5.32 Å². The van der Waals surface area contributed by atoms with Crippen molar-refractivity contribution in [3.63, 3.8) is 0 Å². The molecule has 5 heteroatoms. The Bertz CT molecular complexity index is 378. The van der Waals surface area contributed by atoms with Crippen LogP contribution in [0.1, 0.15) is 5.69 Å². The molecule has 0 spiro atoms. The Balaban J connectivity index is 2.10. The minimum absolute atomic E-state index is 0.657. The summed E-state index contributed by atoms with van der Waals surface area (Å²) in [5.74, 6) is 0.772. The second kappa shape index (κ2) is 3.87. The van der Waals surface area contributed by atoms with E-state index in [0.717, 1.165) is 11.5 Å². The highest BCUT2D eigenvalue weighted by molar-refractivity contribution is 5.29. The standard InChI is InChI=1S/C9H11N5/c1-10-9-6-11-8(5-12-9)7-14-4-2-3-13-14/h2-6H,7H2,1H3,(H,10,12). The van der Waals surface area contributed by atoms with E-state index < -0.39 is 0 Å². The van der Waals surface area contributed by atoms with Crippen LogP contribution in [0.25, 0.3) is 0 Å². The monoisotopic (exact) mass is 189 g/mol. The lowest BCUT2D eigenvalue weighted by Gasteiger charge is -2.01. The summed E-state index contributed by atoms with van der Waals surface area (Å²) >= 11 is 0. The molecular weight excluding hydrogens is 178 g/mol. The first-order chi connectivity index (χ1) is 6.88. The van der Waals surface area contributed by atoms with Gasteiger partial charge in [-0.2, -0.15) is 5.10 Å². The Morgan fingerprint density at radius 3 is 2.86 bits per heavy atom. The Morgan fingerprint density at radius 2 is 2.29 bits per heavy atom. The molecule has 0 unspecified atom stereocenters. The van der Waals surface area contributed by atoms with E-state index in [1.54, 1.807) is 18.6 Å². The highest BCUT2D eigenvalue weighted by Crippen LogP contribution is 2.00. The minimum atomic E-state index is 0.657. The second-order valence-corrected chi connectivity index (χ2v) is 2.85. The molecule has 2 aromatic rings. The first kappa shape index (κ1) is 8.68. The number of hydrogen-bond acceptors (Lipinski definition) is 4. The lowest BCUT2D eigenvalue weighted by Crippen LogP contribution is -2.03. The van der Waals surface area contributed by atoms with Crippen LogP contribution in [0.5, 0.6) is 0 Å². The minimum Gasteiger partial charge on any atom is -0.372 e. The highest BCUT2D eigenvalue weighted by Gasteiger charge is 1.97. The van der Waals surface area contributed by atoms with E-state index in [2.05, 4.69) is 20.4 Å². The largest absolute Gasteiger partial charge is 0.372 e. The number of rotatable bonds is 3. The van der Waals surface area contributed by atoms with Gasteiger partial charge in [0.15, 0.2) is 0 Å². The molecule has 0 amide bonds. The van der Waals surface area contributed by atoms with Crippen LogP contribution in [0, 0.1) is 0 Å². The predicted molar refractivity (Wildman–Crippen MR) is 52.9 cm³/mol. The molecular formula is C9H11N5. The lowest BCUT2D eigenvalue weighted by atomic mass is 10.4. The summed E-state index contributed by atoms with van der Waals surface area (Å²) in [6, 6.07) is 1.88. The number of nitrogens with one attached hydrogen (secondary N) is 1. The summed E-state index contributed by atoms with van der Waals surface area (Å²) in [5.41, 5.74) is 0.896. The van der Waals surface area contributed by atoms with Gasteiger partial charge in [-0.05, 0) is 6.07 Å². The van der Waals surface area contributed by atoms with Gasteiger partial charge >= 0.3 is 0 Å². The van der Waals surface area contributed by atoms with E-state index in [4.69, 9.17) is 0 Å². The van der Waals surface area contributed by atoms with Gasteiger partial charge in [0.1, 0.15) is 5.82 Å². The van der Waals surface area contributed by atoms with Gasteiger partial charge in [0, 0.05) is 19.4 Å². The van der Waals surface area contributed by atoms with Crippen molar-refractivity contribution in [1.82, 2.24) is 19.7 Å². The van der Waals surface area contributed by atoms with E-state index in [9.17, 15) is 0 Å². The zero-order chi connectivity index (χ0) is 9.80. The van der Waals surface area contributed by atoms with Crippen LogP contribution in [0.15, 0.2) is 30.9 Å². The van der Waals surface area contributed by atoms with Crippen molar-refractivity contribution >= 4 is 5.82 Å². The summed E-state index contributed by atoms with van der Waals surface area (Å²) in [4.78, 5) is 8.40. The summed E-state index contributed by atoms with van der Waals surface area (Å²) in [6.45, 7) is 0.657. The van der Waals surface area contributed by atoms with E-state index in [0.29, 0.717) is 6.54 Å². The molecule has 2 heterocycles. The molecule has 0 bridgehead atoms. The zero-order valence-corrected chi connectivity index (χ0v) is 7.88. The molecule has 2 rings (SSSR count). The maximum atomic E-state index is 4.24. The van der Waals surface area contributed by atoms with Crippen LogP contribution in [0.4, 0.5) is 5.82 Å². The number of aromatic nitrogens is 4. The molecule has 0 radical (unpaired) electrons. The SMILES string of the molecule is CNc1cnc(Cn2cccn2)cn1. The predicted octanol–water partition coefficient (Wildman–Crippen LogP) is 0.763. The molecule has 1 N–H and O–H groups in total. The molecule has 0 aromatic carbocycles. The van der Waals surface area contributed by atoms with Gasteiger partial charge in [-0.15, -0.1) is 0 Å². The average molecular weight is 189 g/mol. The molecule has 2 aromatic heterocycles. The third-order valence-electron chi connectivity index (χ3n) is 1.84. The quantitative estimate of drug-likeness (QED) is 0.774. The molecule has 0 aliphatic carbocycles. The van der Waals surface area contributed by atoms with Crippen LogP contribution >= 0.6 is 0 Å². The Morgan fingerprint density at radius 1 is 1.36 bits per heavy atom. The van der Waals surface area contributed by atoms with Crippen LogP contribution < -0.4 is 5.32 Å². The molecule has 0 aliphatic heterocycles. The van der Waals surface area contributed by atoms with Crippen LogP contribution in [-0.4, -0.2) is 26.8 Å². The second-order valence-electron chi connectivity index (χ2n) is 2.85. The summed E-state index contributed by atoms with van der Waals surface area (Å²) in [5, 5.41) is 7.00. The van der Waals surface area contributed by atoms with E-state index in [1.165, 1.54) is 0 Å². The van der Waals surface area contributed by atoms with Crippen molar-refractivity contribution in [2.24, 2.45) is 0 Å². The number of nitrogens with zero attached hydrogens (tertiary/aromatic N) is 4. The van der Waals surface area contributed by atoms with Crippen molar-refractivity contribution in [3.05, 3.63) is 36.5 Å². The van der Waals surface area contributed by atoms with Crippen LogP contribution in [0.3, 0.4) is 0 Å². The maximum Gasteiger partial charge on any atom is 0.144 e. The maximum absolute atomic E-state index is 4.24. The first-order valence-corrected chi connectivity index (χ1v) is 4.34. The lowest BCUT2D eigenvalue weighted by molar-refractivity contribution is 0.670. The fourth-order valence-corrected chi connectivity index (χ4v) is 1.13. The van der Waals surface area contributed by atoms with Crippen LogP contribution in [-0.2, 0) is 6.54 Å². The van der Waals surface area contributed by atoms with Gasteiger partial charge in [0.05, 0.1) is 24.6 Å². The van der Waals surface area contributed by atoms with Crippen molar-refractivity contribution in [2.75, 3.05) is 12.4 Å². The Kier molecular flexibility index (Phi) is 2.40. The van der Waals surface area contributed by atoms with Crippen molar-refractivity contribution in [1.29, 1.82) is 0 Å². The van der Waals surface area contributed by atoms with Gasteiger partial charge in [0.25, 0.3) is 0 Å². The summed E-state index contributed by atoms with van der Waals surface area (Å²) < 4.78 is 1.81. The molecule has 0 saturated heterocycles. The number of hydrogen-bond donors (Lipinski definition) is 1. The van der Waals surface area contributed by atoms with Crippen molar-refractivity contribution in [2.45, 2.75) is 6.54 Å². The van der Waals surface area contributed by atoms with Gasteiger partial charge in [-0.3, -0.25) is 9.67 Å². The van der Waals surface area contributed by atoms with Gasteiger partial charge in [0.2, 0.25) is 0 Å². The average Bonchev–Trinajstić information content (AvgIpc) is 2.72. The molecule has 0 atom stereocenters. The molecule has 0 saturated carbocycles. The van der Waals surface area contributed by atoms with E-state index in [1.807, 2.05) is 24.0 Å². The third-order valence-corrected chi connectivity index (χ3v) is 1.84. The zero-order valence-electron chi connectivity index (χ0n) is 7.88. The fraction of sp³-hybridized carbons (Fsp3) is 0.222. The van der Waals surface area contributed by atoms with Crippen LogP contribution in [0.2, 0.25) is 0 Å². The number of anilines is 1. The van der Waals surface area contributed by atoms with Crippen molar-refractivity contribution < 1.29 is 0 Å². The Labute approximate surface area is 81.8 Å². The Hall–Kier alpha value is -1.91. The molecule has 0 fully saturated rings. The highest BCUT2D eigenvalue weighted by atomic mass is 15.3. The normalized spacial score (nSPS) is 10.1. The summed E-state index contributed by atoms with van der Waals surface area (Å²) in [7, 11) is 1.82. The fourth-order valence-electron chi connectivity index (χ4n) is 1.13. The van der Waals surface area contributed by atoms with E-state index in [-0.39, 0.29) is 0 Å². The summed E-state index contributed by atoms with van der Waals surface area (Å²) in [6.07, 6.45) is 7.09. The smallest absolute Gasteiger partial charge is 0.144 e. The van der Waals surface area contributed by atoms with Crippen molar-refractivity contribution in [3.8, 4) is 0 Å². The van der Waals surface area contributed by atoms with E-state index >= 15 is 0 Å². The van der Waals surface area contributed by atoms with Gasteiger partial charge in [-0.1, -0.05) is 0 Å². The molecule has 14 heavy (non-hydrogen) atoms. The van der Waals surface area contributed by atoms with Gasteiger partial charge in [-0.25, -0.2) is 4.98 Å². The first-order valence-electron chi connectivity index (χ1n) is 4.34. The molecule has 0 aliphatic rings.